The van der Waals surface area contributed by atoms with Gasteiger partial charge in [-0.1, -0.05) is 11.6 Å². The van der Waals surface area contributed by atoms with Gasteiger partial charge in [0.05, 0.1) is 6.54 Å². The van der Waals surface area contributed by atoms with Crippen LogP contribution in [-0.2, 0) is 0 Å². The number of aryl methyl sites for hydroxylation is 1. The quantitative estimate of drug-likeness (QED) is 0.461. The number of rotatable bonds is 7. The molecule has 0 radical (unpaired) electrons. The smallest absolute Gasteiger partial charge is 0.178 e. The minimum atomic E-state index is 0.206. The highest BCUT2D eigenvalue weighted by molar-refractivity contribution is 5.99. The highest BCUT2D eigenvalue weighted by Crippen LogP contribution is 2.21. The maximum atomic E-state index is 12.4. The van der Waals surface area contributed by atoms with Crippen LogP contribution in [0.25, 0.3) is 0 Å². The van der Waals surface area contributed by atoms with Gasteiger partial charge in [0, 0.05) is 23.0 Å². The molecule has 0 saturated carbocycles. The van der Waals surface area contributed by atoms with Crippen LogP contribution in [-0.4, -0.2) is 23.4 Å². The first-order chi connectivity index (χ1) is 10.5. The fourth-order valence-corrected chi connectivity index (χ4v) is 3.53. The van der Waals surface area contributed by atoms with Crippen molar-refractivity contribution in [1.82, 2.24) is 9.88 Å². The molecule has 0 fully saturated rings. The molecule has 1 heterocycles. The predicted octanol–water partition coefficient (Wildman–Crippen LogP) is 4.35. The minimum Gasteiger partial charge on any atom is -0.346 e. The van der Waals surface area contributed by atoms with E-state index in [0.29, 0.717) is 12.6 Å². The zero-order valence-electron chi connectivity index (χ0n) is 14.5. The van der Waals surface area contributed by atoms with E-state index in [0.717, 1.165) is 24.2 Å². The molecular formula is C19H30N2O. The molecule has 1 aliphatic rings. The summed E-state index contributed by atoms with van der Waals surface area (Å²) in [6, 6.07) is 2.43. The molecule has 0 amide bonds. The lowest BCUT2D eigenvalue weighted by molar-refractivity contribution is 0.0990. The van der Waals surface area contributed by atoms with Gasteiger partial charge in [-0.2, -0.15) is 0 Å². The number of ketones is 1. The SMILES string of the molecule is Cc1cc(C(=O)CNCCC2=CCCCC2)c(C)n1C(C)C. The third-order valence-electron chi connectivity index (χ3n) is 4.59. The van der Waals surface area contributed by atoms with Crippen LogP contribution in [0.3, 0.4) is 0 Å². The number of nitrogens with zero attached hydrogens (tertiary/aromatic N) is 1. The zero-order valence-corrected chi connectivity index (χ0v) is 14.5. The minimum absolute atomic E-state index is 0.206. The Bertz CT molecular complexity index is 552. The van der Waals surface area contributed by atoms with Gasteiger partial charge >= 0.3 is 0 Å². The summed E-state index contributed by atoms with van der Waals surface area (Å²) in [5, 5.41) is 3.32. The first kappa shape index (κ1) is 17.0. The standard InChI is InChI=1S/C19H30N2O/c1-14(2)21-15(3)12-18(16(21)4)19(22)13-20-11-10-17-8-6-5-7-9-17/h8,12,14,20H,5-7,9-11,13H2,1-4H3. The van der Waals surface area contributed by atoms with Gasteiger partial charge < -0.3 is 9.88 Å². The van der Waals surface area contributed by atoms with E-state index >= 15 is 0 Å². The van der Waals surface area contributed by atoms with Crippen molar-refractivity contribution < 1.29 is 4.79 Å². The van der Waals surface area contributed by atoms with E-state index in [2.05, 4.69) is 36.7 Å². The second kappa shape index (κ2) is 7.77. The van der Waals surface area contributed by atoms with E-state index in [-0.39, 0.29) is 5.78 Å². The molecule has 0 unspecified atom stereocenters. The van der Waals surface area contributed by atoms with E-state index in [1.54, 1.807) is 5.57 Å². The summed E-state index contributed by atoms with van der Waals surface area (Å²) in [5.74, 6) is 0.206. The van der Waals surface area contributed by atoms with Crippen molar-refractivity contribution in [3.63, 3.8) is 0 Å². The van der Waals surface area contributed by atoms with Crippen molar-refractivity contribution in [3.8, 4) is 0 Å². The Hall–Kier alpha value is -1.35. The second-order valence-electron chi connectivity index (χ2n) is 6.71. The van der Waals surface area contributed by atoms with Crippen molar-refractivity contribution in [2.75, 3.05) is 13.1 Å². The van der Waals surface area contributed by atoms with E-state index in [1.807, 2.05) is 13.0 Å². The molecule has 3 nitrogen and oxygen atoms in total. The summed E-state index contributed by atoms with van der Waals surface area (Å²) in [6.45, 7) is 9.78. The lowest BCUT2D eigenvalue weighted by Gasteiger charge is -2.14. The first-order valence-electron chi connectivity index (χ1n) is 8.61. The number of aromatic nitrogens is 1. The summed E-state index contributed by atoms with van der Waals surface area (Å²) in [4.78, 5) is 12.4. The summed E-state index contributed by atoms with van der Waals surface area (Å²) in [5.41, 5.74) is 4.69. The average molecular weight is 302 g/mol. The maximum absolute atomic E-state index is 12.4. The molecular weight excluding hydrogens is 272 g/mol. The lowest BCUT2D eigenvalue weighted by atomic mass is 9.97. The van der Waals surface area contributed by atoms with E-state index in [1.165, 1.54) is 31.4 Å². The molecule has 0 atom stereocenters. The summed E-state index contributed by atoms with van der Waals surface area (Å²) >= 11 is 0. The number of carbonyl (C=O) groups excluding carboxylic acids is 1. The highest BCUT2D eigenvalue weighted by atomic mass is 16.1. The molecule has 0 spiro atoms. The van der Waals surface area contributed by atoms with Gasteiger partial charge in [-0.05, 0) is 72.4 Å². The van der Waals surface area contributed by atoms with Crippen LogP contribution in [0.2, 0.25) is 0 Å². The van der Waals surface area contributed by atoms with E-state index in [9.17, 15) is 4.79 Å². The Balaban J connectivity index is 1.85. The largest absolute Gasteiger partial charge is 0.346 e. The molecule has 0 bridgehead atoms. The lowest BCUT2D eigenvalue weighted by Crippen LogP contribution is -2.24. The fraction of sp³-hybridized carbons (Fsp3) is 0.632. The van der Waals surface area contributed by atoms with Gasteiger partial charge in [-0.15, -0.1) is 0 Å². The topological polar surface area (TPSA) is 34.0 Å². The summed E-state index contributed by atoms with van der Waals surface area (Å²) < 4.78 is 2.24. The Morgan fingerprint density at radius 1 is 1.32 bits per heavy atom. The van der Waals surface area contributed by atoms with Crippen LogP contribution >= 0.6 is 0 Å². The van der Waals surface area contributed by atoms with Gasteiger partial charge in [0.1, 0.15) is 0 Å². The third-order valence-corrected chi connectivity index (χ3v) is 4.59. The van der Waals surface area contributed by atoms with Gasteiger partial charge in [0.25, 0.3) is 0 Å². The molecule has 122 valence electrons. The monoisotopic (exact) mass is 302 g/mol. The van der Waals surface area contributed by atoms with E-state index < -0.39 is 0 Å². The second-order valence-corrected chi connectivity index (χ2v) is 6.71. The highest BCUT2D eigenvalue weighted by Gasteiger charge is 2.16. The molecule has 3 heteroatoms. The van der Waals surface area contributed by atoms with Crippen molar-refractivity contribution >= 4 is 5.78 Å². The van der Waals surface area contributed by atoms with Crippen LogP contribution in [0.15, 0.2) is 17.7 Å². The van der Waals surface area contributed by atoms with Crippen LogP contribution in [0.4, 0.5) is 0 Å². The molecule has 2 rings (SSSR count). The molecule has 1 aromatic rings. The number of hydrogen-bond acceptors (Lipinski definition) is 2. The Kier molecular flexibility index (Phi) is 6.01. The normalized spacial score (nSPS) is 15.2. The third kappa shape index (κ3) is 4.10. The fourth-order valence-electron chi connectivity index (χ4n) is 3.53. The summed E-state index contributed by atoms with van der Waals surface area (Å²) in [7, 11) is 0. The number of carbonyl (C=O) groups is 1. The average Bonchev–Trinajstić information content (AvgIpc) is 2.79. The first-order valence-corrected chi connectivity index (χ1v) is 8.61. The van der Waals surface area contributed by atoms with Gasteiger partial charge in [0.15, 0.2) is 5.78 Å². The van der Waals surface area contributed by atoms with Gasteiger partial charge in [-0.3, -0.25) is 4.79 Å². The Morgan fingerprint density at radius 3 is 2.68 bits per heavy atom. The van der Waals surface area contributed by atoms with Crippen LogP contribution in [0.5, 0.6) is 0 Å². The Morgan fingerprint density at radius 2 is 2.09 bits per heavy atom. The molecule has 1 aliphatic carbocycles. The molecule has 1 N–H and O–H groups in total. The van der Waals surface area contributed by atoms with Gasteiger partial charge in [-0.25, -0.2) is 0 Å². The predicted molar refractivity (Wildman–Crippen MR) is 92.7 cm³/mol. The van der Waals surface area contributed by atoms with Crippen LogP contribution < -0.4 is 5.32 Å². The van der Waals surface area contributed by atoms with E-state index in [4.69, 9.17) is 0 Å². The number of nitrogens with one attached hydrogen (secondary N) is 1. The molecule has 0 aromatic carbocycles. The molecule has 1 aromatic heterocycles. The van der Waals surface area contributed by atoms with Crippen molar-refractivity contribution in [1.29, 1.82) is 0 Å². The zero-order chi connectivity index (χ0) is 16.1. The summed E-state index contributed by atoms with van der Waals surface area (Å²) in [6.07, 6.45) is 8.59. The number of allylic oxidation sites excluding steroid dienone is 1. The molecule has 0 saturated heterocycles. The molecule has 22 heavy (non-hydrogen) atoms. The van der Waals surface area contributed by atoms with Crippen LogP contribution in [0.1, 0.15) is 73.7 Å². The molecule has 0 aliphatic heterocycles. The van der Waals surface area contributed by atoms with Crippen molar-refractivity contribution in [2.45, 2.75) is 65.8 Å². The van der Waals surface area contributed by atoms with Crippen molar-refractivity contribution in [3.05, 3.63) is 34.7 Å². The number of Topliss-reactive ketones (excluding diaryl/α,β-unsaturated/α-hetero) is 1. The van der Waals surface area contributed by atoms with Crippen molar-refractivity contribution in [2.24, 2.45) is 0 Å². The Labute approximate surface area is 134 Å². The van der Waals surface area contributed by atoms with Crippen LogP contribution in [0, 0.1) is 13.8 Å². The maximum Gasteiger partial charge on any atom is 0.178 e. The van der Waals surface area contributed by atoms with Gasteiger partial charge in [0.2, 0.25) is 0 Å². The number of hydrogen-bond donors (Lipinski definition) is 1.